The van der Waals surface area contributed by atoms with E-state index in [1.54, 1.807) is 18.0 Å². The summed E-state index contributed by atoms with van der Waals surface area (Å²) in [4.78, 5) is 30.5. The van der Waals surface area contributed by atoms with Crippen molar-refractivity contribution in [3.05, 3.63) is 35.5 Å². The number of fused-ring (bicyclic) bond motifs is 1. The monoisotopic (exact) mass is 345 g/mol. The van der Waals surface area contributed by atoms with Gasteiger partial charge in [-0.2, -0.15) is 0 Å². The fraction of sp³-hybridized carbons (Fsp3) is 0.444. The zero-order valence-corrected chi connectivity index (χ0v) is 14.5. The van der Waals surface area contributed by atoms with Crippen molar-refractivity contribution in [2.75, 3.05) is 32.8 Å². The zero-order chi connectivity index (χ0) is 18.0. The number of hydrogen-bond donors (Lipinski definition) is 2. The number of carbonyl (C=O) groups excluding carboxylic acids is 1. The van der Waals surface area contributed by atoms with Gasteiger partial charge in [0.25, 0.3) is 0 Å². The van der Waals surface area contributed by atoms with Crippen molar-refractivity contribution in [2.24, 2.45) is 0 Å². The van der Waals surface area contributed by atoms with E-state index in [0.717, 1.165) is 22.0 Å². The van der Waals surface area contributed by atoms with Crippen molar-refractivity contribution in [1.82, 2.24) is 14.8 Å². The summed E-state index contributed by atoms with van der Waals surface area (Å²) in [5.74, 6) is -0.882. The number of amides is 1. The maximum atomic E-state index is 12.0. The largest absolute Gasteiger partial charge is 0.480 e. The van der Waals surface area contributed by atoms with Gasteiger partial charge in [-0.15, -0.1) is 0 Å². The molecule has 0 spiro atoms. The zero-order valence-electron chi connectivity index (χ0n) is 14.5. The maximum Gasteiger partial charge on any atom is 0.409 e. The summed E-state index contributed by atoms with van der Waals surface area (Å²) in [5, 5.41) is 10.8. The molecule has 134 valence electrons. The van der Waals surface area contributed by atoms with Crippen LogP contribution in [0.15, 0.2) is 24.4 Å². The number of piperazine rings is 1. The smallest absolute Gasteiger partial charge is 0.409 e. The molecule has 2 heterocycles. The second-order valence-electron chi connectivity index (χ2n) is 6.26. The molecule has 2 N–H and O–H groups in total. The van der Waals surface area contributed by atoms with E-state index < -0.39 is 12.0 Å². The summed E-state index contributed by atoms with van der Waals surface area (Å²) in [5.41, 5.74) is 2.78. The van der Waals surface area contributed by atoms with Gasteiger partial charge in [-0.25, -0.2) is 4.79 Å². The van der Waals surface area contributed by atoms with E-state index in [-0.39, 0.29) is 6.09 Å². The first-order valence-electron chi connectivity index (χ1n) is 8.47. The van der Waals surface area contributed by atoms with Crippen LogP contribution >= 0.6 is 0 Å². The van der Waals surface area contributed by atoms with E-state index in [4.69, 9.17) is 4.74 Å². The quantitative estimate of drug-likeness (QED) is 0.888. The van der Waals surface area contributed by atoms with E-state index in [0.29, 0.717) is 32.8 Å². The van der Waals surface area contributed by atoms with Crippen LogP contribution in [-0.2, 0) is 9.53 Å². The van der Waals surface area contributed by atoms with Gasteiger partial charge in [-0.3, -0.25) is 9.69 Å². The number of carboxylic acids is 1. The summed E-state index contributed by atoms with van der Waals surface area (Å²) in [7, 11) is 0. The molecule has 0 saturated carbocycles. The Balaban J connectivity index is 1.82. The summed E-state index contributed by atoms with van der Waals surface area (Å²) in [6.45, 7) is 6.01. The van der Waals surface area contributed by atoms with Crippen molar-refractivity contribution >= 4 is 23.0 Å². The predicted octanol–water partition coefficient (Wildman–Crippen LogP) is 2.38. The lowest BCUT2D eigenvalue weighted by Gasteiger charge is -2.37. The van der Waals surface area contributed by atoms with Crippen molar-refractivity contribution in [3.8, 4) is 0 Å². The lowest BCUT2D eigenvalue weighted by molar-refractivity contribution is -0.144. The number of H-pyrrole nitrogens is 1. The van der Waals surface area contributed by atoms with Crippen molar-refractivity contribution < 1.29 is 19.4 Å². The number of aromatic nitrogens is 1. The highest BCUT2D eigenvalue weighted by Crippen LogP contribution is 2.30. The number of aromatic amines is 1. The second kappa shape index (κ2) is 7.14. The number of hydrogen-bond acceptors (Lipinski definition) is 4. The number of carboxylic acid groups (broad SMARTS) is 1. The average Bonchev–Trinajstić information content (AvgIpc) is 2.98. The van der Waals surface area contributed by atoms with Crippen LogP contribution in [0.5, 0.6) is 0 Å². The fourth-order valence-electron chi connectivity index (χ4n) is 3.35. The molecule has 0 bridgehead atoms. The summed E-state index contributed by atoms with van der Waals surface area (Å²) in [6.07, 6.45) is 1.44. The highest BCUT2D eigenvalue weighted by Gasteiger charge is 2.33. The third kappa shape index (κ3) is 3.46. The van der Waals surface area contributed by atoms with Crippen LogP contribution in [0.3, 0.4) is 0 Å². The molecule has 1 atom stereocenters. The molecule has 1 aromatic heterocycles. The van der Waals surface area contributed by atoms with E-state index in [9.17, 15) is 14.7 Å². The number of rotatable bonds is 4. The molecule has 1 unspecified atom stereocenters. The second-order valence-corrected chi connectivity index (χ2v) is 6.26. The topological polar surface area (TPSA) is 85.9 Å². The average molecular weight is 345 g/mol. The van der Waals surface area contributed by atoms with Gasteiger partial charge < -0.3 is 19.7 Å². The molecule has 7 heteroatoms. The molecule has 0 aliphatic carbocycles. The summed E-state index contributed by atoms with van der Waals surface area (Å²) < 4.78 is 5.01. The Bertz CT molecular complexity index is 778. The number of carbonyl (C=O) groups is 2. The van der Waals surface area contributed by atoms with Gasteiger partial charge in [0.15, 0.2) is 0 Å². The number of nitrogens with zero attached hydrogens (tertiary/aromatic N) is 2. The first-order valence-corrected chi connectivity index (χ1v) is 8.47. The molecular weight excluding hydrogens is 322 g/mol. The van der Waals surface area contributed by atoms with E-state index in [1.807, 2.05) is 30.0 Å². The maximum absolute atomic E-state index is 12.0. The van der Waals surface area contributed by atoms with Gasteiger partial charge in [-0.1, -0.05) is 11.6 Å². The Hall–Kier alpha value is -2.54. The van der Waals surface area contributed by atoms with Crippen molar-refractivity contribution in [2.45, 2.75) is 19.9 Å². The third-order valence-electron chi connectivity index (χ3n) is 4.60. The number of nitrogens with one attached hydrogen (secondary N) is 1. The van der Waals surface area contributed by atoms with Crippen LogP contribution in [0.1, 0.15) is 24.1 Å². The molecule has 1 aliphatic rings. The molecule has 1 amide bonds. The highest BCUT2D eigenvalue weighted by atomic mass is 16.6. The molecule has 1 fully saturated rings. The molecule has 1 saturated heterocycles. The Morgan fingerprint density at radius 1 is 1.28 bits per heavy atom. The standard InChI is InChI=1S/C18H23N3O4/c1-3-25-18(24)21-8-6-20(7-9-21)16(17(22)23)14-11-19-15-5-4-12(2)10-13(14)15/h4-5,10-11,16,19H,3,6-9H2,1-2H3,(H,22,23). The van der Waals surface area contributed by atoms with Crippen LogP contribution < -0.4 is 0 Å². The van der Waals surface area contributed by atoms with Crippen LogP contribution in [0.25, 0.3) is 10.9 Å². The van der Waals surface area contributed by atoms with Crippen LogP contribution in [0, 0.1) is 6.92 Å². The first kappa shape index (κ1) is 17.3. The van der Waals surface area contributed by atoms with Gasteiger partial charge in [0, 0.05) is 48.8 Å². The SMILES string of the molecule is CCOC(=O)N1CCN(C(C(=O)O)c2c[nH]c3ccc(C)cc23)CC1. The molecule has 2 aromatic rings. The molecule has 3 rings (SSSR count). The van der Waals surface area contributed by atoms with E-state index >= 15 is 0 Å². The lowest BCUT2D eigenvalue weighted by Crippen LogP contribution is -2.51. The number of benzene rings is 1. The minimum Gasteiger partial charge on any atom is -0.480 e. The van der Waals surface area contributed by atoms with E-state index in [1.165, 1.54) is 0 Å². The molecular formula is C18H23N3O4. The molecule has 0 radical (unpaired) electrons. The Kier molecular flexibility index (Phi) is 4.94. The summed E-state index contributed by atoms with van der Waals surface area (Å²) >= 11 is 0. The van der Waals surface area contributed by atoms with Gasteiger partial charge in [0.05, 0.1) is 6.61 Å². The Morgan fingerprint density at radius 2 is 2.00 bits per heavy atom. The van der Waals surface area contributed by atoms with Crippen molar-refractivity contribution in [1.29, 1.82) is 0 Å². The van der Waals surface area contributed by atoms with E-state index in [2.05, 4.69) is 4.98 Å². The van der Waals surface area contributed by atoms with Crippen LogP contribution in [0.4, 0.5) is 4.79 Å². The molecule has 25 heavy (non-hydrogen) atoms. The minimum atomic E-state index is -0.882. The molecule has 1 aliphatic heterocycles. The number of aryl methyl sites for hydroxylation is 1. The normalized spacial score (nSPS) is 16.8. The highest BCUT2D eigenvalue weighted by molar-refractivity contribution is 5.89. The Labute approximate surface area is 146 Å². The Morgan fingerprint density at radius 3 is 2.64 bits per heavy atom. The van der Waals surface area contributed by atoms with Crippen LogP contribution in [0.2, 0.25) is 0 Å². The van der Waals surface area contributed by atoms with Crippen molar-refractivity contribution in [3.63, 3.8) is 0 Å². The summed E-state index contributed by atoms with van der Waals surface area (Å²) in [6, 6.07) is 5.23. The van der Waals surface area contributed by atoms with Crippen LogP contribution in [-0.4, -0.2) is 64.7 Å². The fourth-order valence-corrected chi connectivity index (χ4v) is 3.35. The third-order valence-corrected chi connectivity index (χ3v) is 4.60. The minimum absolute atomic E-state index is 0.336. The molecule has 7 nitrogen and oxygen atoms in total. The number of ether oxygens (including phenoxy) is 1. The van der Waals surface area contributed by atoms with Gasteiger partial charge in [-0.05, 0) is 26.0 Å². The predicted molar refractivity (Wildman–Crippen MR) is 93.6 cm³/mol. The van der Waals surface area contributed by atoms with Gasteiger partial charge >= 0.3 is 12.1 Å². The van der Waals surface area contributed by atoms with Gasteiger partial charge in [0.1, 0.15) is 6.04 Å². The first-order chi connectivity index (χ1) is 12.0. The molecule has 1 aromatic carbocycles. The lowest BCUT2D eigenvalue weighted by atomic mass is 10.0. The van der Waals surface area contributed by atoms with Gasteiger partial charge in [0.2, 0.25) is 0 Å². The number of aliphatic carboxylic acids is 1.